The second kappa shape index (κ2) is 6.77. The van der Waals surface area contributed by atoms with Crippen molar-refractivity contribution in [2.45, 2.75) is 19.3 Å². The lowest BCUT2D eigenvalue weighted by Gasteiger charge is -2.05. The van der Waals surface area contributed by atoms with E-state index < -0.39 is 11.6 Å². The number of hydrogen-bond donors (Lipinski definition) is 0. The van der Waals surface area contributed by atoms with E-state index in [4.69, 9.17) is 4.74 Å². The van der Waals surface area contributed by atoms with Crippen molar-refractivity contribution in [3.05, 3.63) is 29.8 Å². The number of alkyl halides is 1. The minimum atomic E-state index is -0.606. The Morgan fingerprint density at radius 1 is 1.00 bits per heavy atom. The Balaban J connectivity index is 2.31. The number of hydrogen-bond acceptors (Lipinski definition) is 1. The van der Waals surface area contributed by atoms with Crippen molar-refractivity contribution in [1.29, 1.82) is 0 Å². The van der Waals surface area contributed by atoms with Gasteiger partial charge in [0.25, 0.3) is 0 Å². The van der Waals surface area contributed by atoms with Gasteiger partial charge < -0.3 is 4.74 Å². The van der Waals surface area contributed by atoms with Crippen LogP contribution in [0, 0.1) is 11.6 Å². The molecule has 0 aliphatic heterocycles. The summed E-state index contributed by atoms with van der Waals surface area (Å²) in [6, 6.07) is 3.21. The highest BCUT2D eigenvalue weighted by molar-refractivity contribution is 9.09. The molecule has 0 radical (unpaired) electrons. The maximum absolute atomic E-state index is 12.7. The third-order valence-corrected chi connectivity index (χ3v) is 2.44. The molecule has 0 bridgehead atoms. The van der Waals surface area contributed by atoms with Gasteiger partial charge in [0.1, 0.15) is 17.4 Å². The fraction of sp³-hybridized carbons (Fsp3) is 0.455. The normalized spacial score (nSPS) is 10.3. The van der Waals surface area contributed by atoms with Crippen molar-refractivity contribution in [1.82, 2.24) is 0 Å². The number of benzene rings is 1. The standard InChI is InChI=1S/C11H13BrF2O/c12-4-2-1-3-5-15-11-7-9(13)6-10(14)8-11/h6-8H,1-5H2. The van der Waals surface area contributed by atoms with Gasteiger partial charge >= 0.3 is 0 Å². The second-order valence-electron chi connectivity index (χ2n) is 3.20. The van der Waals surface area contributed by atoms with Crippen LogP contribution in [-0.2, 0) is 0 Å². The zero-order valence-electron chi connectivity index (χ0n) is 8.31. The van der Waals surface area contributed by atoms with Gasteiger partial charge in [-0.05, 0) is 19.3 Å². The van der Waals surface area contributed by atoms with Gasteiger partial charge in [-0.2, -0.15) is 0 Å². The van der Waals surface area contributed by atoms with Crippen LogP contribution >= 0.6 is 15.9 Å². The van der Waals surface area contributed by atoms with Crippen molar-refractivity contribution in [2.75, 3.05) is 11.9 Å². The Labute approximate surface area is 96.6 Å². The number of ether oxygens (including phenoxy) is 1. The van der Waals surface area contributed by atoms with Crippen molar-refractivity contribution in [2.24, 2.45) is 0 Å². The SMILES string of the molecule is Fc1cc(F)cc(OCCCCCBr)c1. The fourth-order valence-corrected chi connectivity index (χ4v) is 1.57. The van der Waals surface area contributed by atoms with E-state index in [2.05, 4.69) is 15.9 Å². The van der Waals surface area contributed by atoms with Crippen LogP contribution in [0.5, 0.6) is 5.75 Å². The zero-order valence-corrected chi connectivity index (χ0v) is 9.90. The van der Waals surface area contributed by atoms with Gasteiger partial charge in [-0.25, -0.2) is 8.78 Å². The molecule has 1 aromatic carbocycles. The number of rotatable bonds is 6. The highest BCUT2D eigenvalue weighted by atomic mass is 79.9. The molecule has 0 saturated heterocycles. The maximum atomic E-state index is 12.7. The highest BCUT2D eigenvalue weighted by Gasteiger charge is 2.00. The minimum Gasteiger partial charge on any atom is -0.493 e. The summed E-state index contributed by atoms with van der Waals surface area (Å²) < 4.78 is 30.7. The molecule has 1 rings (SSSR count). The first-order chi connectivity index (χ1) is 7.22. The molecule has 0 amide bonds. The first-order valence-corrected chi connectivity index (χ1v) is 5.99. The molecule has 0 aliphatic carbocycles. The lowest BCUT2D eigenvalue weighted by molar-refractivity contribution is 0.303. The summed E-state index contributed by atoms with van der Waals surface area (Å²) in [6.07, 6.45) is 3.02. The van der Waals surface area contributed by atoms with Gasteiger partial charge in [-0.3, -0.25) is 0 Å². The second-order valence-corrected chi connectivity index (χ2v) is 4.00. The predicted molar refractivity (Wildman–Crippen MR) is 59.5 cm³/mol. The zero-order chi connectivity index (χ0) is 11.1. The molecule has 0 saturated carbocycles. The maximum Gasteiger partial charge on any atom is 0.129 e. The van der Waals surface area contributed by atoms with Gasteiger partial charge in [0.05, 0.1) is 6.61 Å². The van der Waals surface area contributed by atoms with E-state index in [-0.39, 0.29) is 5.75 Å². The number of halogens is 3. The van der Waals surface area contributed by atoms with Gasteiger partial charge in [0.15, 0.2) is 0 Å². The van der Waals surface area contributed by atoms with Crippen LogP contribution < -0.4 is 4.74 Å². The van der Waals surface area contributed by atoms with Crippen LogP contribution in [0.1, 0.15) is 19.3 Å². The molecule has 0 atom stereocenters. The first kappa shape index (κ1) is 12.4. The molecular formula is C11H13BrF2O. The smallest absolute Gasteiger partial charge is 0.129 e. The molecule has 0 aromatic heterocycles. The van der Waals surface area contributed by atoms with Gasteiger partial charge in [-0.1, -0.05) is 15.9 Å². The average molecular weight is 279 g/mol. The summed E-state index contributed by atoms with van der Waals surface area (Å²) >= 11 is 3.33. The summed E-state index contributed by atoms with van der Waals surface area (Å²) in [5.41, 5.74) is 0. The molecule has 0 aliphatic rings. The topological polar surface area (TPSA) is 9.23 Å². The van der Waals surface area contributed by atoms with Gasteiger partial charge in [0, 0.05) is 23.5 Å². The molecule has 1 aromatic rings. The molecule has 0 unspecified atom stereocenters. The molecule has 0 N–H and O–H groups in total. The van der Waals surface area contributed by atoms with Crippen molar-refractivity contribution in [3.63, 3.8) is 0 Å². The van der Waals surface area contributed by atoms with E-state index in [1.165, 1.54) is 12.1 Å². The molecule has 4 heteroatoms. The van der Waals surface area contributed by atoms with Crippen molar-refractivity contribution in [3.8, 4) is 5.75 Å². The third-order valence-electron chi connectivity index (χ3n) is 1.88. The predicted octanol–water partition coefficient (Wildman–Crippen LogP) is 3.91. The summed E-state index contributed by atoms with van der Waals surface area (Å²) in [5, 5.41) is 0.974. The summed E-state index contributed by atoms with van der Waals surface area (Å²) in [4.78, 5) is 0. The summed E-state index contributed by atoms with van der Waals surface area (Å²) in [5.74, 6) is -0.956. The molecule has 15 heavy (non-hydrogen) atoms. The van der Waals surface area contributed by atoms with Crippen molar-refractivity contribution >= 4 is 15.9 Å². The van der Waals surface area contributed by atoms with E-state index in [0.717, 1.165) is 30.7 Å². The average Bonchev–Trinajstić information content (AvgIpc) is 2.16. The van der Waals surface area contributed by atoms with E-state index in [1.807, 2.05) is 0 Å². The monoisotopic (exact) mass is 278 g/mol. The number of unbranched alkanes of at least 4 members (excludes halogenated alkanes) is 2. The van der Waals surface area contributed by atoms with Crippen LogP contribution in [0.15, 0.2) is 18.2 Å². The largest absolute Gasteiger partial charge is 0.493 e. The lowest BCUT2D eigenvalue weighted by Crippen LogP contribution is -1.98. The molecular weight excluding hydrogens is 266 g/mol. The minimum absolute atomic E-state index is 0.256. The van der Waals surface area contributed by atoms with E-state index in [0.29, 0.717) is 6.61 Å². The summed E-state index contributed by atoms with van der Waals surface area (Å²) in [7, 11) is 0. The van der Waals surface area contributed by atoms with Gasteiger partial charge in [0.2, 0.25) is 0 Å². The first-order valence-electron chi connectivity index (χ1n) is 4.87. The Bertz CT molecular complexity index is 284. The highest BCUT2D eigenvalue weighted by Crippen LogP contribution is 2.15. The van der Waals surface area contributed by atoms with E-state index in [9.17, 15) is 8.78 Å². The van der Waals surface area contributed by atoms with Crippen LogP contribution in [-0.4, -0.2) is 11.9 Å². The Morgan fingerprint density at radius 2 is 1.67 bits per heavy atom. The summed E-state index contributed by atoms with van der Waals surface area (Å²) in [6.45, 7) is 0.496. The Hall–Kier alpha value is -0.640. The molecule has 84 valence electrons. The van der Waals surface area contributed by atoms with E-state index >= 15 is 0 Å². The quantitative estimate of drug-likeness (QED) is 0.566. The van der Waals surface area contributed by atoms with Crippen LogP contribution in [0.2, 0.25) is 0 Å². The Kier molecular flexibility index (Phi) is 5.61. The molecule has 0 heterocycles. The third kappa shape index (κ3) is 5.11. The molecule has 0 spiro atoms. The van der Waals surface area contributed by atoms with Crippen LogP contribution in [0.25, 0.3) is 0 Å². The Morgan fingerprint density at radius 3 is 2.27 bits per heavy atom. The molecule has 0 fully saturated rings. The fourth-order valence-electron chi connectivity index (χ4n) is 1.18. The molecule has 1 nitrogen and oxygen atoms in total. The van der Waals surface area contributed by atoms with Gasteiger partial charge in [-0.15, -0.1) is 0 Å². The van der Waals surface area contributed by atoms with Crippen molar-refractivity contribution < 1.29 is 13.5 Å². The van der Waals surface area contributed by atoms with E-state index in [1.54, 1.807) is 0 Å². The van der Waals surface area contributed by atoms with Crippen LogP contribution in [0.4, 0.5) is 8.78 Å². The van der Waals surface area contributed by atoms with Crippen LogP contribution in [0.3, 0.4) is 0 Å². The lowest BCUT2D eigenvalue weighted by atomic mass is 10.2.